The molecule has 0 bridgehead atoms. The van der Waals surface area contributed by atoms with Crippen LogP contribution < -0.4 is 15.8 Å². The molecular formula is C19H32ClN3O3. The number of likely N-dealkylation sites (tertiary alicyclic amines) is 1. The van der Waals surface area contributed by atoms with E-state index in [0.29, 0.717) is 38.8 Å². The van der Waals surface area contributed by atoms with Crippen LogP contribution in [-0.2, 0) is 16.1 Å². The lowest BCUT2D eigenvalue weighted by Crippen LogP contribution is -2.46. The van der Waals surface area contributed by atoms with Gasteiger partial charge in [0, 0.05) is 39.2 Å². The Balaban J connectivity index is 0.00000338. The highest BCUT2D eigenvalue weighted by molar-refractivity contribution is 5.85. The van der Waals surface area contributed by atoms with E-state index in [1.54, 1.807) is 7.11 Å². The summed E-state index contributed by atoms with van der Waals surface area (Å²) < 4.78 is 10.7. The first-order chi connectivity index (χ1) is 12.2. The molecule has 1 unspecified atom stereocenters. The number of carbonyl (C=O) groups excluding carboxylic acids is 1. The van der Waals surface area contributed by atoms with E-state index < -0.39 is 0 Å². The van der Waals surface area contributed by atoms with Crippen LogP contribution in [0.1, 0.15) is 31.2 Å². The SMILES string of the molecule is COCCOc1cccc(CN2CCCCC2CNC(=O)CCN)c1.Cl. The zero-order valence-electron chi connectivity index (χ0n) is 15.6. The highest BCUT2D eigenvalue weighted by Crippen LogP contribution is 2.21. The van der Waals surface area contributed by atoms with Gasteiger partial charge >= 0.3 is 0 Å². The van der Waals surface area contributed by atoms with Crippen LogP contribution in [0.4, 0.5) is 0 Å². The minimum Gasteiger partial charge on any atom is -0.491 e. The van der Waals surface area contributed by atoms with E-state index in [4.69, 9.17) is 15.2 Å². The van der Waals surface area contributed by atoms with Crippen LogP contribution >= 0.6 is 12.4 Å². The molecule has 0 spiro atoms. The summed E-state index contributed by atoms with van der Waals surface area (Å²) in [7, 11) is 1.67. The second-order valence-corrected chi connectivity index (χ2v) is 6.45. The van der Waals surface area contributed by atoms with Crippen LogP contribution in [0.2, 0.25) is 0 Å². The summed E-state index contributed by atoms with van der Waals surface area (Å²) in [5.41, 5.74) is 6.67. The third kappa shape index (κ3) is 7.91. The number of nitrogens with zero attached hydrogens (tertiary/aromatic N) is 1. The van der Waals surface area contributed by atoms with Gasteiger partial charge < -0.3 is 20.5 Å². The summed E-state index contributed by atoms with van der Waals surface area (Å²) in [4.78, 5) is 14.1. The van der Waals surface area contributed by atoms with Crippen molar-refractivity contribution < 1.29 is 14.3 Å². The summed E-state index contributed by atoms with van der Waals surface area (Å²) in [5.74, 6) is 0.918. The largest absolute Gasteiger partial charge is 0.491 e. The Morgan fingerprint density at radius 3 is 2.96 bits per heavy atom. The Labute approximate surface area is 162 Å². The molecule has 1 aliphatic heterocycles. The molecule has 2 rings (SSSR count). The Hall–Kier alpha value is -1.34. The maximum Gasteiger partial charge on any atom is 0.221 e. The molecule has 1 fully saturated rings. The van der Waals surface area contributed by atoms with E-state index in [2.05, 4.69) is 22.3 Å². The Morgan fingerprint density at radius 2 is 2.19 bits per heavy atom. The number of ether oxygens (including phenoxy) is 2. The molecular weight excluding hydrogens is 354 g/mol. The van der Waals surface area contributed by atoms with Crippen molar-refractivity contribution in [2.45, 2.75) is 38.3 Å². The van der Waals surface area contributed by atoms with Crippen molar-refractivity contribution in [1.82, 2.24) is 10.2 Å². The molecule has 148 valence electrons. The molecule has 6 nitrogen and oxygen atoms in total. The van der Waals surface area contributed by atoms with Crippen molar-refractivity contribution in [1.29, 1.82) is 0 Å². The second-order valence-electron chi connectivity index (χ2n) is 6.45. The summed E-state index contributed by atoms with van der Waals surface area (Å²) >= 11 is 0. The summed E-state index contributed by atoms with van der Waals surface area (Å²) in [6, 6.07) is 8.60. The highest BCUT2D eigenvalue weighted by atomic mass is 35.5. The predicted octanol–water partition coefficient (Wildman–Crippen LogP) is 1.95. The van der Waals surface area contributed by atoms with Gasteiger partial charge in [0.25, 0.3) is 0 Å². The van der Waals surface area contributed by atoms with Gasteiger partial charge in [0.2, 0.25) is 5.91 Å². The maximum absolute atomic E-state index is 11.7. The normalized spacial score (nSPS) is 17.4. The lowest BCUT2D eigenvalue weighted by Gasteiger charge is -2.36. The zero-order chi connectivity index (χ0) is 17.9. The number of halogens is 1. The first-order valence-electron chi connectivity index (χ1n) is 9.14. The van der Waals surface area contributed by atoms with Gasteiger partial charge in [0.05, 0.1) is 6.61 Å². The van der Waals surface area contributed by atoms with Gasteiger partial charge in [0.15, 0.2) is 0 Å². The van der Waals surface area contributed by atoms with E-state index in [9.17, 15) is 4.79 Å². The number of hydrogen-bond acceptors (Lipinski definition) is 5. The van der Waals surface area contributed by atoms with Gasteiger partial charge in [0.1, 0.15) is 12.4 Å². The Kier molecular flexibility index (Phi) is 11.3. The van der Waals surface area contributed by atoms with Crippen molar-refractivity contribution in [2.24, 2.45) is 5.73 Å². The quantitative estimate of drug-likeness (QED) is 0.602. The molecule has 1 aromatic rings. The van der Waals surface area contributed by atoms with Crippen LogP contribution in [0, 0.1) is 0 Å². The monoisotopic (exact) mass is 385 g/mol. The molecule has 26 heavy (non-hydrogen) atoms. The molecule has 1 saturated heterocycles. The number of methoxy groups -OCH3 is 1. The topological polar surface area (TPSA) is 76.8 Å². The van der Waals surface area contributed by atoms with Crippen molar-refractivity contribution in [3.8, 4) is 5.75 Å². The summed E-state index contributed by atoms with van der Waals surface area (Å²) in [5, 5.41) is 3.02. The number of nitrogens with two attached hydrogens (primary N) is 1. The van der Waals surface area contributed by atoms with Gasteiger partial charge in [-0.2, -0.15) is 0 Å². The van der Waals surface area contributed by atoms with Crippen molar-refractivity contribution in [3.63, 3.8) is 0 Å². The van der Waals surface area contributed by atoms with Crippen LogP contribution in [0.5, 0.6) is 5.75 Å². The fourth-order valence-electron chi connectivity index (χ4n) is 3.16. The minimum absolute atomic E-state index is 0. The summed E-state index contributed by atoms with van der Waals surface area (Å²) in [6.07, 6.45) is 3.94. The van der Waals surface area contributed by atoms with Crippen molar-refractivity contribution in [3.05, 3.63) is 29.8 Å². The van der Waals surface area contributed by atoms with E-state index in [-0.39, 0.29) is 18.3 Å². The van der Waals surface area contributed by atoms with Gasteiger partial charge in [-0.15, -0.1) is 12.4 Å². The zero-order valence-corrected chi connectivity index (χ0v) is 16.4. The molecule has 1 amide bonds. The lowest BCUT2D eigenvalue weighted by molar-refractivity contribution is -0.121. The van der Waals surface area contributed by atoms with Crippen LogP contribution in [0.15, 0.2) is 24.3 Å². The number of benzene rings is 1. The minimum atomic E-state index is 0. The lowest BCUT2D eigenvalue weighted by atomic mass is 10.0. The number of amides is 1. The first kappa shape index (κ1) is 22.7. The van der Waals surface area contributed by atoms with Gasteiger partial charge in [-0.3, -0.25) is 9.69 Å². The molecule has 0 saturated carbocycles. The number of hydrogen-bond donors (Lipinski definition) is 2. The third-order valence-electron chi connectivity index (χ3n) is 4.50. The molecule has 1 atom stereocenters. The first-order valence-corrected chi connectivity index (χ1v) is 9.14. The van der Waals surface area contributed by atoms with E-state index in [1.807, 2.05) is 12.1 Å². The third-order valence-corrected chi connectivity index (χ3v) is 4.50. The summed E-state index contributed by atoms with van der Waals surface area (Å²) in [6.45, 7) is 4.17. The predicted molar refractivity (Wildman–Crippen MR) is 106 cm³/mol. The Morgan fingerprint density at radius 1 is 1.35 bits per heavy atom. The smallest absolute Gasteiger partial charge is 0.221 e. The van der Waals surface area contributed by atoms with Crippen molar-refractivity contribution >= 4 is 18.3 Å². The van der Waals surface area contributed by atoms with Gasteiger partial charge in [-0.05, 0) is 37.1 Å². The average Bonchev–Trinajstić information content (AvgIpc) is 2.62. The number of nitrogens with one attached hydrogen (secondary N) is 1. The molecule has 7 heteroatoms. The van der Waals surface area contributed by atoms with Crippen molar-refractivity contribution in [2.75, 3.05) is 40.0 Å². The van der Waals surface area contributed by atoms with E-state index in [0.717, 1.165) is 25.3 Å². The van der Waals surface area contributed by atoms with Gasteiger partial charge in [-0.1, -0.05) is 18.6 Å². The molecule has 0 radical (unpaired) electrons. The fraction of sp³-hybridized carbons (Fsp3) is 0.632. The van der Waals surface area contributed by atoms with Crippen LogP contribution in [0.25, 0.3) is 0 Å². The van der Waals surface area contributed by atoms with Gasteiger partial charge in [-0.25, -0.2) is 0 Å². The number of rotatable bonds is 10. The fourth-order valence-corrected chi connectivity index (χ4v) is 3.16. The average molecular weight is 386 g/mol. The van der Waals surface area contributed by atoms with E-state index >= 15 is 0 Å². The number of piperidine rings is 1. The van der Waals surface area contributed by atoms with Crippen LogP contribution in [0.3, 0.4) is 0 Å². The highest BCUT2D eigenvalue weighted by Gasteiger charge is 2.22. The molecule has 1 heterocycles. The van der Waals surface area contributed by atoms with E-state index in [1.165, 1.54) is 18.4 Å². The van der Waals surface area contributed by atoms with Crippen LogP contribution in [-0.4, -0.2) is 56.8 Å². The Bertz CT molecular complexity index is 531. The molecule has 1 aliphatic rings. The second kappa shape index (κ2) is 12.9. The molecule has 0 aliphatic carbocycles. The number of carbonyl (C=O) groups is 1. The molecule has 3 N–H and O–H groups in total. The molecule has 1 aromatic carbocycles. The maximum atomic E-state index is 11.7. The molecule has 0 aromatic heterocycles. The standard InChI is InChI=1S/C19H31N3O3.ClH/c1-24-11-12-25-18-7-4-5-16(13-18)15-22-10-3-2-6-17(22)14-21-19(23)8-9-20;/h4-5,7,13,17H,2-3,6,8-12,14-15,20H2,1H3,(H,21,23);1H.